The summed E-state index contributed by atoms with van der Waals surface area (Å²) in [5, 5.41) is 2.77. The molecule has 0 spiro atoms. The summed E-state index contributed by atoms with van der Waals surface area (Å²) < 4.78 is 0. The maximum absolute atomic E-state index is 4.93. The molecule has 0 aromatic heterocycles. The Bertz CT molecular complexity index is 774. The van der Waals surface area contributed by atoms with Gasteiger partial charge in [0.05, 0.1) is 0 Å². The topological polar surface area (TPSA) is 0 Å². The van der Waals surface area contributed by atoms with Gasteiger partial charge in [-0.05, 0) is 24.5 Å². The molecule has 0 aliphatic carbocycles. The predicted octanol–water partition coefficient (Wildman–Crippen LogP) is 7.17. The van der Waals surface area contributed by atoms with Crippen LogP contribution in [0.25, 0.3) is 21.9 Å². The van der Waals surface area contributed by atoms with Gasteiger partial charge >= 0.3 is 37.9 Å². The minimum absolute atomic E-state index is 0.826. The summed E-state index contributed by atoms with van der Waals surface area (Å²) in [6, 6.07) is 17.9. The first-order chi connectivity index (χ1) is 11.1. The van der Waals surface area contributed by atoms with Gasteiger partial charge in [-0.2, -0.15) is 6.07 Å². The van der Waals surface area contributed by atoms with E-state index < -0.39 is 20.8 Å². The van der Waals surface area contributed by atoms with Crippen molar-refractivity contribution in [3.8, 4) is 11.1 Å². The van der Waals surface area contributed by atoms with Crippen molar-refractivity contribution in [1.29, 1.82) is 0 Å². The van der Waals surface area contributed by atoms with Crippen LogP contribution in [0.15, 0.2) is 48.5 Å². The minimum atomic E-state index is -0.826. The average Bonchev–Trinajstić information content (AvgIpc) is 2.90. The molecule has 0 saturated carbocycles. The Morgan fingerprint density at radius 3 is 2.39 bits per heavy atom. The van der Waals surface area contributed by atoms with Crippen LogP contribution in [0.3, 0.4) is 0 Å². The summed E-state index contributed by atoms with van der Waals surface area (Å²) in [4.78, 5) is 0. The van der Waals surface area contributed by atoms with E-state index >= 15 is 0 Å². The van der Waals surface area contributed by atoms with E-state index in [-0.39, 0.29) is 0 Å². The van der Waals surface area contributed by atoms with Crippen molar-refractivity contribution in [1.82, 2.24) is 0 Å². The Balaban J connectivity index is 0.000000595. The first-order valence-corrected chi connectivity index (χ1v) is 14.2. The molecule has 0 unspecified atom stereocenters. The van der Waals surface area contributed by atoms with Gasteiger partial charge in [0.2, 0.25) is 0 Å². The van der Waals surface area contributed by atoms with Gasteiger partial charge in [0.15, 0.2) is 0 Å². The van der Waals surface area contributed by atoms with E-state index in [9.17, 15) is 0 Å². The fourth-order valence-electron chi connectivity index (χ4n) is 3.13. The average molecular weight is 424 g/mol. The van der Waals surface area contributed by atoms with E-state index in [1.807, 2.05) is 0 Å². The zero-order chi connectivity index (χ0) is 16.8. The van der Waals surface area contributed by atoms with Gasteiger partial charge in [-0.15, -0.1) is 34.5 Å². The van der Waals surface area contributed by atoms with Gasteiger partial charge in [-0.25, -0.2) is 0 Å². The normalized spacial score (nSPS) is 10.3. The van der Waals surface area contributed by atoms with Crippen LogP contribution in [0.5, 0.6) is 0 Å². The van der Waals surface area contributed by atoms with Crippen LogP contribution in [-0.4, -0.2) is 0 Å². The van der Waals surface area contributed by atoms with Gasteiger partial charge in [0.1, 0.15) is 0 Å². The molecule has 0 fully saturated rings. The van der Waals surface area contributed by atoms with Crippen molar-refractivity contribution in [2.24, 2.45) is 0 Å². The van der Waals surface area contributed by atoms with Crippen molar-refractivity contribution in [3.05, 3.63) is 65.2 Å². The summed E-state index contributed by atoms with van der Waals surface area (Å²) >= 11 is -0.826. The quantitative estimate of drug-likeness (QED) is 0.392. The molecular weight excluding hydrogens is 402 g/mol. The van der Waals surface area contributed by atoms with Crippen molar-refractivity contribution in [2.75, 3.05) is 0 Å². The molecule has 23 heavy (non-hydrogen) atoms. The predicted molar refractivity (Wildman–Crippen MR) is 100 cm³/mol. The van der Waals surface area contributed by atoms with Crippen molar-refractivity contribution >= 4 is 27.8 Å². The van der Waals surface area contributed by atoms with Gasteiger partial charge in [-0.1, -0.05) is 55.7 Å². The zero-order valence-corrected chi connectivity index (χ0v) is 17.8. The fourth-order valence-corrected chi connectivity index (χ4v) is 3.13. The van der Waals surface area contributed by atoms with Gasteiger partial charge in [0, 0.05) is 0 Å². The maximum atomic E-state index is 4.93. The third kappa shape index (κ3) is 4.53. The van der Waals surface area contributed by atoms with E-state index in [1.54, 1.807) is 0 Å². The van der Waals surface area contributed by atoms with Gasteiger partial charge < -0.3 is 0 Å². The van der Waals surface area contributed by atoms with Crippen LogP contribution in [0.4, 0.5) is 0 Å². The fraction of sp³-hybridized carbons (Fsp3) is 0.250. The molecule has 3 rings (SSSR count). The first-order valence-electron chi connectivity index (χ1n) is 7.83. The number of rotatable bonds is 3. The van der Waals surface area contributed by atoms with E-state index in [4.69, 9.17) is 17.0 Å². The number of halogens is 2. The summed E-state index contributed by atoms with van der Waals surface area (Å²) in [5.74, 6) is 0. The second kappa shape index (κ2) is 9.12. The molecule has 0 amide bonds. The Morgan fingerprint density at radius 2 is 1.74 bits per heavy atom. The molecule has 3 aromatic carbocycles. The van der Waals surface area contributed by atoms with E-state index in [1.165, 1.54) is 45.0 Å². The summed E-state index contributed by atoms with van der Waals surface area (Å²) in [7, 11) is 9.87. The Labute approximate surface area is 157 Å². The Morgan fingerprint density at radius 1 is 1.04 bits per heavy atom. The van der Waals surface area contributed by atoms with E-state index in [0.717, 1.165) is 6.42 Å². The monoisotopic (exact) mass is 421 g/mol. The molecule has 3 heteroatoms. The summed E-state index contributed by atoms with van der Waals surface area (Å²) in [6.07, 6.45) is 2.33. The molecule has 0 bridgehead atoms. The van der Waals surface area contributed by atoms with E-state index in [0.29, 0.717) is 0 Å². The molecule has 3 aromatic rings. The number of hydrogen-bond acceptors (Lipinski definition) is 0. The number of fused-ring (bicyclic) bond motifs is 1. The zero-order valence-electron chi connectivity index (χ0n) is 13.8. The molecule has 0 nitrogen and oxygen atoms in total. The van der Waals surface area contributed by atoms with Crippen LogP contribution in [-0.2, 0) is 27.3 Å². The molecule has 0 radical (unpaired) electrons. The number of benzene rings is 2. The van der Waals surface area contributed by atoms with Gasteiger partial charge in [-0.3, -0.25) is 0 Å². The van der Waals surface area contributed by atoms with Crippen LogP contribution in [0.2, 0.25) is 0 Å². The third-order valence-electron chi connectivity index (χ3n) is 4.05. The molecule has 0 atom stereocenters. The van der Waals surface area contributed by atoms with Crippen molar-refractivity contribution in [3.63, 3.8) is 0 Å². The molecular formula is C20H21Cl2Zr-. The van der Waals surface area contributed by atoms with Crippen molar-refractivity contribution < 1.29 is 20.8 Å². The molecule has 0 saturated heterocycles. The third-order valence-corrected chi connectivity index (χ3v) is 4.05. The van der Waals surface area contributed by atoms with Crippen LogP contribution < -0.4 is 0 Å². The second-order valence-corrected chi connectivity index (χ2v) is 9.50. The standard InChI is InChI=1S/C20H21.2ClH.Zr/c1-4-7-16-10-11-17-12-14(2)13-19(17)20(16)18-9-6-5-8-15(18)3;;;/h5-6,8-13H,4,7H2,1-3H3;2*1H;/q-1;;;+2/p-2. The van der Waals surface area contributed by atoms with Crippen LogP contribution in [0.1, 0.15) is 30.0 Å². The molecule has 0 heterocycles. The van der Waals surface area contributed by atoms with Crippen LogP contribution >= 0.6 is 17.0 Å². The number of aryl methyl sites for hydroxylation is 3. The molecule has 0 aliphatic rings. The Kier molecular flexibility index (Phi) is 7.47. The second-order valence-electron chi connectivity index (χ2n) is 5.77. The number of hydrogen-bond donors (Lipinski definition) is 0. The van der Waals surface area contributed by atoms with E-state index in [2.05, 4.69) is 69.3 Å². The molecule has 120 valence electrons. The van der Waals surface area contributed by atoms with Crippen LogP contribution in [0, 0.1) is 13.8 Å². The van der Waals surface area contributed by atoms with Gasteiger partial charge in [0.25, 0.3) is 0 Å². The Hall–Kier alpha value is -0.487. The summed E-state index contributed by atoms with van der Waals surface area (Å²) in [5.41, 5.74) is 7.00. The SMILES string of the molecule is CCCc1ccc2[cH-]c(C)cc2c1-c1ccccc1C.[Cl][Zr][Cl]. The molecule has 0 aliphatic heterocycles. The first kappa shape index (κ1) is 18.8. The van der Waals surface area contributed by atoms with Crippen molar-refractivity contribution in [2.45, 2.75) is 33.6 Å². The molecule has 0 N–H and O–H groups in total. The summed E-state index contributed by atoms with van der Waals surface area (Å²) in [6.45, 7) is 6.64.